The maximum atomic E-state index is 12.7. The van der Waals surface area contributed by atoms with Gasteiger partial charge >= 0.3 is 0 Å². The van der Waals surface area contributed by atoms with E-state index in [0.29, 0.717) is 5.91 Å². The van der Waals surface area contributed by atoms with Crippen LogP contribution in [-0.2, 0) is 4.79 Å². The standard InChI is InChI=1S/C14H27N3O/c1-14(11-15-2)7-4-5-8-17(14)13(18)12-6-9-16(3)10-12/h12,15H,4-11H2,1-3H3. The zero-order valence-corrected chi connectivity index (χ0v) is 12.0. The third kappa shape index (κ3) is 2.69. The lowest BCUT2D eigenvalue weighted by Gasteiger charge is -2.46. The topological polar surface area (TPSA) is 35.6 Å². The Morgan fingerprint density at radius 1 is 1.39 bits per heavy atom. The highest BCUT2D eigenvalue weighted by atomic mass is 16.2. The Labute approximate surface area is 111 Å². The summed E-state index contributed by atoms with van der Waals surface area (Å²) in [5, 5.41) is 3.26. The molecule has 1 N–H and O–H groups in total. The van der Waals surface area contributed by atoms with Crippen LogP contribution < -0.4 is 5.32 Å². The molecule has 2 aliphatic heterocycles. The molecule has 0 aliphatic carbocycles. The van der Waals surface area contributed by atoms with E-state index in [9.17, 15) is 4.79 Å². The van der Waals surface area contributed by atoms with Crippen molar-refractivity contribution in [3.05, 3.63) is 0 Å². The van der Waals surface area contributed by atoms with Gasteiger partial charge in [0.15, 0.2) is 0 Å². The number of rotatable bonds is 3. The molecule has 0 bridgehead atoms. The van der Waals surface area contributed by atoms with Crippen LogP contribution in [0, 0.1) is 5.92 Å². The van der Waals surface area contributed by atoms with Gasteiger partial charge in [0.2, 0.25) is 5.91 Å². The van der Waals surface area contributed by atoms with Crippen molar-refractivity contribution in [1.82, 2.24) is 15.1 Å². The van der Waals surface area contributed by atoms with Gasteiger partial charge in [0, 0.05) is 19.6 Å². The highest BCUT2D eigenvalue weighted by Gasteiger charge is 2.40. The van der Waals surface area contributed by atoms with Gasteiger partial charge in [0.05, 0.1) is 11.5 Å². The Balaban J connectivity index is 2.06. The molecule has 18 heavy (non-hydrogen) atoms. The molecule has 4 heteroatoms. The van der Waals surface area contributed by atoms with Gasteiger partial charge in [0.1, 0.15) is 0 Å². The molecule has 0 radical (unpaired) electrons. The molecule has 2 unspecified atom stereocenters. The number of carbonyl (C=O) groups is 1. The second kappa shape index (κ2) is 5.57. The second-order valence-electron chi connectivity index (χ2n) is 6.22. The van der Waals surface area contributed by atoms with Crippen LogP contribution in [0.15, 0.2) is 0 Å². The molecule has 0 aromatic carbocycles. The highest BCUT2D eigenvalue weighted by Crippen LogP contribution is 2.30. The molecule has 2 rings (SSSR count). The van der Waals surface area contributed by atoms with E-state index in [1.165, 1.54) is 6.42 Å². The van der Waals surface area contributed by atoms with E-state index >= 15 is 0 Å². The van der Waals surface area contributed by atoms with Gasteiger partial charge in [-0.25, -0.2) is 0 Å². The van der Waals surface area contributed by atoms with Gasteiger partial charge in [-0.2, -0.15) is 0 Å². The monoisotopic (exact) mass is 253 g/mol. The van der Waals surface area contributed by atoms with Crippen molar-refractivity contribution in [3.63, 3.8) is 0 Å². The fourth-order valence-electron chi connectivity index (χ4n) is 3.48. The third-order valence-corrected chi connectivity index (χ3v) is 4.56. The number of carbonyl (C=O) groups excluding carboxylic acids is 1. The zero-order valence-electron chi connectivity index (χ0n) is 12.0. The van der Waals surface area contributed by atoms with Crippen LogP contribution in [-0.4, -0.2) is 61.5 Å². The number of likely N-dealkylation sites (N-methyl/N-ethyl adjacent to an activating group) is 1. The van der Waals surface area contributed by atoms with Crippen LogP contribution in [0.1, 0.15) is 32.6 Å². The minimum Gasteiger partial charge on any atom is -0.336 e. The first-order valence-electron chi connectivity index (χ1n) is 7.21. The average Bonchev–Trinajstić information content (AvgIpc) is 2.76. The second-order valence-corrected chi connectivity index (χ2v) is 6.22. The number of hydrogen-bond donors (Lipinski definition) is 1. The van der Waals surface area contributed by atoms with Crippen LogP contribution in [0.3, 0.4) is 0 Å². The molecule has 1 amide bonds. The van der Waals surface area contributed by atoms with Gasteiger partial charge in [-0.3, -0.25) is 4.79 Å². The van der Waals surface area contributed by atoms with E-state index in [1.807, 2.05) is 7.05 Å². The summed E-state index contributed by atoms with van der Waals surface area (Å²) >= 11 is 0. The van der Waals surface area contributed by atoms with Crippen LogP contribution >= 0.6 is 0 Å². The van der Waals surface area contributed by atoms with E-state index in [0.717, 1.165) is 45.4 Å². The first kappa shape index (κ1) is 13.8. The number of nitrogens with zero attached hydrogens (tertiary/aromatic N) is 2. The molecule has 0 saturated carbocycles. The Bertz CT molecular complexity index is 303. The average molecular weight is 253 g/mol. The summed E-state index contributed by atoms with van der Waals surface area (Å²) in [7, 11) is 4.09. The SMILES string of the molecule is CNCC1(C)CCCCN1C(=O)C1CCN(C)C1. The Morgan fingerprint density at radius 3 is 2.78 bits per heavy atom. The van der Waals surface area contributed by atoms with Gasteiger partial charge in [-0.15, -0.1) is 0 Å². The number of amides is 1. The molecule has 104 valence electrons. The zero-order chi connectivity index (χ0) is 13.2. The van der Waals surface area contributed by atoms with Crippen molar-refractivity contribution in [3.8, 4) is 0 Å². The Kier molecular flexibility index (Phi) is 4.28. The van der Waals surface area contributed by atoms with Gasteiger partial charge < -0.3 is 15.1 Å². The highest BCUT2D eigenvalue weighted by molar-refractivity contribution is 5.80. The molecule has 2 saturated heterocycles. The maximum absolute atomic E-state index is 12.7. The molecule has 4 nitrogen and oxygen atoms in total. The molecule has 2 fully saturated rings. The summed E-state index contributed by atoms with van der Waals surface area (Å²) < 4.78 is 0. The summed E-state index contributed by atoms with van der Waals surface area (Å²) in [6, 6.07) is 0. The normalized spacial score (nSPS) is 33.9. The molecule has 2 aliphatic rings. The minimum absolute atomic E-state index is 0.0191. The summed E-state index contributed by atoms with van der Waals surface area (Å²) in [5.41, 5.74) is 0.0191. The smallest absolute Gasteiger partial charge is 0.227 e. The molecule has 0 spiro atoms. The number of likely N-dealkylation sites (tertiary alicyclic amines) is 2. The first-order valence-corrected chi connectivity index (χ1v) is 7.21. The Morgan fingerprint density at radius 2 is 2.17 bits per heavy atom. The predicted molar refractivity (Wildman–Crippen MR) is 73.5 cm³/mol. The first-order chi connectivity index (χ1) is 8.57. The minimum atomic E-state index is 0.0191. The lowest BCUT2D eigenvalue weighted by molar-refractivity contribution is -0.143. The molecule has 2 heterocycles. The summed E-state index contributed by atoms with van der Waals surface area (Å²) in [5.74, 6) is 0.612. The summed E-state index contributed by atoms with van der Waals surface area (Å²) in [6.45, 7) is 6.08. The quantitative estimate of drug-likeness (QED) is 0.813. The number of nitrogens with one attached hydrogen (secondary N) is 1. The summed E-state index contributed by atoms with van der Waals surface area (Å²) in [6.07, 6.45) is 4.56. The van der Waals surface area contributed by atoms with Crippen molar-refractivity contribution in [1.29, 1.82) is 0 Å². The van der Waals surface area contributed by atoms with Crippen LogP contribution in [0.2, 0.25) is 0 Å². The third-order valence-electron chi connectivity index (χ3n) is 4.56. The van der Waals surface area contributed by atoms with E-state index in [-0.39, 0.29) is 11.5 Å². The van der Waals surface area contributed by atoms with E-state index in [2.05, 4.69) is 29.1 Å². The van der Waals surface area contributed by atoms with Crippen molar-refractivity contribution in [2.75, 3.05) is 40.3 Å². The lowest BCUT2D eigenvalue weighted by Crippen LogP contribution is -2.58. The van der Waals surface area contributed by atoms with E-state index in [4.69, 9.17) is 0 Å². The lowest BCUT2D eigenvalue weighted by atomic mass is 9.87. The van der Waals surface area contributed by atoms with Crippen LogP contribution in [0.5, 0.6) is 0 Å². The van der Waals surface area contributed by atoms with E-state index < -0.39 is 0 Å². The molecule has 2 atom stereocenters. The van der Waals surface area contributed by atoms with Gasteiger partial charge in [0.25, 0.3) is 0 Å². The summed E-state index contributed by atoms with van der Waals surface area (Å²) in [4.78, 5) is 17.1. The Hall–Kier alpha value is -0.610. The van der Waals surface area contributed by atoms with Crippen molar-refractivity contribution in [2.24, 2.45) is 5.92 Å². The molecular formula is C14H27N3O. The van der Waals surface area contributed by atoms with Gasteiger partial charge in [-0.05, 0) is 53.2 Å². The maximum Gasteiger partial charge on any atom is 0.227 e. The fourth-order valence-corrected chi connectivity index (χ4v) is 3.48. The largest absolute Gasteiger partial charge is 0.336 e. The van der Waals surface area contributed by atoms with Crippen molar-refractivity contribution >= 4 is 5.91 Å². The predicted octanol–water partition coefficient (Wildman–Crippen LogP) is 0.929. The molecule has 0 aromatic rings. The molecule has 0 aromatic heterocycles. The molecular weight excluding hydrogens is 226 g/mol. The number of hydrogen-bond acceptors (Lipinski definition) is 3. The number of piperidine rings is 1. The van der Waals surface area contributed by atoms with Crippen molar-refractivity contribution < 1.29 is 4.79 Å². The van der Waals surface area contributed by atoms with Crippen LogP contribution in [0.4, 0.5) is 0 Å². The van der Waals surface area contributed by atoms with E-state index in [1.54, 1.807) is 0 Å². The van der Waals surface area contributed by atoms with Gasteiger partial charge in [-0.1, -0.05) is 0 Å². The fraction of sp³-hybridized carbons (Fsp3) is 0.929. The van der Waals surface area contributed by atoms with Crippen molar-refractivity contribution in [2.45, 2.75) is 38.1 Å². The van der Waals surface area contributed by atoms with Crippen LogP contribution in [0.25, 0.3) is 0 Å².